The minimum absolute atomic E-state index is 0.204. The molecule has 26 heavy (non-hydrogen) atoms. The number of carbonyl (C=O) groups excluding carboxylic acids is 2. The number of amides is 2. The Kier molecular flexibility index (Phi) is 8.12. The van der Waals surface area contributed by atoms with Crippen molar-refractivity contribution in [2.45, 2.75) is 25.9 Å². The summed E-state index contributed by atoms with van der Waals surface area (Å²) >= 11 is 5.01. The van der Waals surface area contributed by atoms with Gasteiger partial charge in [0.25, 0.3) is 5.91 Å². The number of hydrogen-bond donors (Lipinski definition) is 2. The van der Waals surface area contributed by atoms with E-state index in [9.17, 15) is 9.59 Å². The lowest BCUT2D eigenvalue weighted by atomic mass is 10.1. The molecule has 0 saturated heterocycles. The van der Waals surface area contributed by atoms with Gasteiger partial charge in [0.1, 0.15) is 6.04 Å². The summed E-state index contributed by atoms with van der Waals surface area (Å²) in [7, 11) is 0. The number of carbonyl (C=O) groups is 2. The Morgan fingerprint density at radius 2 is 2.00 bits per heavy atom. The van der Waals surface area contributed by atoms with Crippen molar-refractivity contribution in [3.05, 3.63) is 63.9 Å². The third kappa shape index (κ3) is 5.85. The zero-order valence-corrected chi connectivity index (χ0v) is 17.2. The van der Waals surface area contributed by atoms with Crippen molar-refractivity contribution in [1.29, 1.82) is 0 Å². The average Bonchev–Trinajstić information content (AvgIpc) is 2.64. The first-order valence-corrected chi connectivity index (χ1v) is 10.4. The molecule has 0 bridgehead atoms. The molecule has 0 aliphatic rings. The number of aryl methyl sites for hydroxylation is 1. The second kappa shape index (κ2) is 10.3. The fourth-order valence-corrected chi connectivity index (χ4v) is 3.32. The molecule has 1 unspecified atom stereocenters. The van der Waals surface area contributed by atoms with Crippen molar-refractivity contribution in [3.63, 3.8) is 0 Å². The van der Waals surface area contributed by atoms with Gasteiger partial charge >= 0.3 is 0 Å². The fraction of sp³-hybridized carbons (Fsp3) is 0.316. The number of benzene rings is 1. The minimum atomic E-state index is -0.592. The van der Waals surface area contributed by atoms with E-state index in [2.05, 4.69) is 31.5 Å². The summed E-state index contributed by atoms with van der Waals surface area (Å²) < 4.78 is 0.700. The zero-order valence-electron chi connectivity index (χ0n) is 14.8. The van der Waals surface area contributed by atoms with Crippen LogP contribution >= 0.6 is 27.7 Å². The van der Waals surface area contributed by atoms with E-state index in [-0.39, 0.29) is 11.8 Å². The molecule has 1 aromatic carbocycles. The molecule has 0 spiro atoms. The Hall–Kier alpha value is -1.86. The van der Waals surface area contributed by atoms with Gasteiger partial charge in [-0.1, -0.05) is 18.2 Å². The number of hydrogen-bond acceptors (Lipinski definition) is 4. The molecule has 0 fully saturated rings. The van der Waals surface area contributed by atoms with Gasteiger partial charge in [-0.25, -0.2) is 0 Å². The standard InChI is InChI=1S/C19H22BrN3O2S/c1-13-6-5-10-21-17(13)12-22-19(25)16(9-11-26-2)23-18(24)14-7-3-4-8-15(14)20/h3-8,10,16H,9,11-12H2,1-2H3,(H,22,25)(H,23,24). The van der Waals surface area contributed by atoms with Crippen molar-refractivity contribution in [1.82, 2.24) is 15.6 Å². The van der Waals surface area contributed by atoms with Gasteiger partial charge in [-0.05, 0) is 65.0 Å². The Morgan fingerprint density at radius 1 is 1.23 bits per heavy atom. The molecule has 1 heterocycles. The van der Waals surface area contributed by atoms with E-state index in [1.165, 1.54) is 0 Å². The number of thioether (sulfide) groups is 1. The summed E-state index contributed by atoms with van der Waals surface area (Å²) in [6, 6.07) is 10.4. The minimum Gasteiger partial charge on any atom is -0.349 e. The highest BCUT2D eigenvalue weighted by Crippen LogP contribution is 2.16. The second-order valence-corrected chi connectivity index (χ2v) is 7.61. The quantitative estimate of drug-likeness (QED) is 0.666. The maximum absolute atomic E-state index is 12.6. The number of rotatable bonds is 8. The maximum atomic E-state index is 12.6. The van der Waals surface area contributed by atoms with Gasteiger partial charge < -0.3 is 10.6 Å². The van der Waals surface area contributed by atoms with Gasteiger partial charge in [-0.2, -0.15) is 11.8 Å². The Labute approximate surface area is 166 Å². The van der Waals surface area contributed by atoms with Gasteiger partial charge in [0.15, 0.2) is 0 Å². The summed E-state index contributed by atoms with van der Waals surface area (Å²) in [4.78, 5) is 29.4. The van der Waals surface area contributed by atoms with Crippen LogP contribution in [0.5, 0.6) is 0 Å². The first kappa shape index (κ1) is 20.5. The van der Waals surface area contributed by atoms with Gasteiger partial charge in [0.2, 0.25) is 5.91 Å². The predicted octanol–water partition coefficient (Wildman–Crippen LogP) is 3.32. The van der Waals surface area contributed by atoms with Crippen LogP contribution in [0.1, 0.15) is 28.0 Å². The molecular formula is C19H22BrN3O2S. The number of pyridine rings is 1. The third-order valence-corrected chi connectivity index (χ3v) is 5.23. The molecule has 0 aliphatic carbocycles. The topological polar surface area (TPSA) is 71.1 Å². The SMILES string of the molecule is CSCCC(NC(=O)c1ccccc1Br)C(=O)NCc1ncccc1C. The van der Waals surface area contributed by atoms with Crippen LogP contribution in [0.4, 0.5) is 0 Å². The number of nitrogens with zero attached hydrogens (tertiary/aromatic N) is 1. The summed E-state index contributed by atoms with van der Waals surface area (Å²) in [6.07, 6.45) is 4.24. The normalized spacial score (nSPS) is 11.7. The monoisotopic (exact) mass is 435 g/mol. The van der Waals surface area contributed by atoms with Crippen LogP contribution < -0.4 is 10.6 Å². The Morgan fingerprint density at radius 3 is 2.69 bits per heavy atom. The molecule has 1 aromatic heterocycles. The highest BCUT2D eigenvalue weighted by atomic mass is 79.9. The van der Waals surface area contributed by atoms with E-state index in [0.717, 1.165) is 17.0 Å². The third-order valence-electron chi connectivity index (χ3n) is 3.90. The lowest BCUT2D eigenvalue weighted by molar-refractivity contribution is -0.123. The van der Waals surface area contributed by atoms with Crippen LogP contribution in [0, 0.1) is 6.92 Å². The van der Waals surface area contributed by atoms with Crippen molar-refractivity contribution < 1.29 is 9.59 Å². The zero-order chi connectivity index (χ0) is 18.9. The lowest BCUT2D eigenvalue weighted by Gasteiger charge is -2.19. The smallest absolute Gasteiger partial charge is 0.253 e. The van der Waals surface area contributed by atoms with Gasteiger partial charge in [-0.15, -0.1) is 0 Å². The molecule has 2 N–H and O–H groups in total. The van der Waals surface area contributed by atoms with Crippen LogP contribution in [0.2, 0.25) is 0 Å². The van der Waals surface area contributed by atoms with Crippen LogP contribution in [0.15, 0.2) is 47.1 Å². The van der Waals surface area contributed by atoms with Crippen molar-refractivity contribution in [2.75, 3.05) is 12.0 Å². The molecule has 0 radical (unpaired) electrons. The average molecular weight is 436 g/mol. The number of halogens is 1. The van der Waals surface area contributed by atoms with E-state index in [0.29, 0.717) is 23.0 Å². The lowest BCUT2D eigenvalue weighted by Crippen LogP contribution is -2.47. The van der Waals surface area contributed by atoms with Crippen LogP contribution in [-0.4, -0.2) is 34.8 Å². The number of aromatic nitrogens is 1. The molecule has 2 aromatic rings. The van der Waals surface area contributed by atoms with Crippen LogP contribution in [0.25, 0.3) is 0 Å². The summed E-state index contributed by atoms with van der Waals surface area (Å²) in [6.45, 7) is 2.29. The molecule has 2 rings (SSSR count). The molecule has 5 nitrogen and oxygen atoms in total. The molecule has 2 amide bonds. The van der Waals surface area contributed by atoms with Crippen molar-refractivity contribution >= 4 is 39.5 Å². The highest BCUT2D eigenvalue weighted by molar-refractivity contribution is 9.10. The van der Waals surface area contributed by atoms with Gasteiger partial charge in [-0.3, -0.25) is 14.6 Å². The van der Waals surface area contributed by atoms with Gasteiger partial charge in [0, 0.05) is 10.7 Å². The molecule has 1 atom stereocenters. The Balaban J connectivity index is 2.03. The van der Waals surface area contributed by atoms with Crippen LogP contribution in [-0.2, 0) is 11.3 Å². The van der Waals surface area contributed by atoms with Crippen molar-refractivity contribution in [3.8, 4) is 0 Å². The molecule has 0 aliphatic heterocycles. The maximum Gasteiger partial charge on any atom is 0.253 e. The first-order chi connectivity index (χ1) is 12.5. The predicted molar refractivity (Wildman–Crippen MR) is 109 cm³/mol. The largest absolute Gasteiger partial charge is 0.349 e. The van der Waals surface area contributed by atoms with Crippen LogP contribution in [0.3, 0.4) is 0 Å². The highest BCUT2D eigenvalue weighted by Gasteiger charge is 2.22. The second-order valence-electron chi connectivity index (χ2n) is 5.77. The number of nitrogens with one attached hydrogen (secondary N) is 2. The fourth-order valence-electron chi connectivity index (χ4n) is 2.38. The summed E-state index contributed by atoms with van der Waals surface area (Å²) in [5.41, 5.74) is 2.35. The first-order valence-electron chi connectivity index (χ1n) is 8.25. The summed E-state index contributed by atoms with van der Waals surface area (Å²) in [5, 5.41) is 5.73. The van der Waals surface area contributed by atoms with Crippen molar-refractivity contribution in [2.24, 2.45) is 0 Å². The van der Waals surface area contributed by atoms with E-state index in [1.54, 1.807) is 36.2 Å². The molecule has 0 saturated carbocycles. The summed E-state index contributed by atoms with van der Waals surface area (Å²) in [5.74, 6) is 0.300. The molecule has 7 heteroatoms. The molecule has 138 valence electrons. The Bertz CT molecular complexity index is 770. The van der Waals surface area contributed by atoms with Gasteiger partial charge in [0.05, 0.1) is 17.8 Å². The van der Waals surface area contributed by atoms with E-state index >= 15 is 0 Å². The van der Waals surface area contributed by atoms with E-state index in [4.69, 9.17) is 0 Å². The molecular weight excluding hydrogens is 414 g/mol. The van der Waals surface area contributed by atoms with E-state index in [1.807, 2.05) is 31.4 Å². The van der Waals surface area contributed by atoms with E-state index < -0.39 is 6.04 Å².